The number of phenols is 1. The van der Waals surface area contributed by atoms with Gasteiger partial charge in [0.25, 0.3) is 0 Å². The highest BCUT2D eigenvalue weighted by molar-refractivity contribution is 7.99. The molecule has 2 atom stereocenters. The van der Waals surface area contributed by atoms with E-state index in [9.17, 15) is 9.50 Å². The third-order valence-electron chi connectivity index (χ3n) is 3.82. The summed E-state index contributed by atoms with van der Waals surface area (Å²) in [7, 11) is 1.74. The van der Waals surface area contributed by atoms with Crippen molar-refractivity contribution in [3.8, 4) is 5.75 Å². The number of thioether (sulfide) groups is 1. The van der Waals surface area contributed by atoms with Crippen molar-refractivity contribution in [2.24, 2.45) is 4.99 Å². The standard InChI is InChI=1S/C16H24FN3OS/c1-3-22-13-6-5-12(9-13)20-16(18-2)19-10-11-4-7-15(21)14(17)8-11/h4,7-8,12-13,21H,3,5-6,9-10H2,1-2H3,(H2,18,19,20). The lowest BCUT2D eigenvalue weighted by Crippen LogP contribution is -2.42. The van der Waals surface area contributed by atoms with Crippen LogP contribution < -0.4 is 10.6 Å². The van der Waals surface area contributed by atoms with Crippen LogP contribution in [-0.2, 0) is 6.54 Å². The molecule has 6 heteroatoms. The molecule has 2 unspecified atom stereocenters. The van der Waals surface area contributed by atoms with Crippen molar-refractivity contribution >= 4 is 17.7 Å². The van der Waals surface area contributed by atoms with E-state index in [1.54, 1.807) is 13.1 Å². The van der Waals surface area contributed by atoms with Gasteiger partial charge >= 0.3 is 0 Å². The summed E-state index contributed by atoms with van der Waals surface area (Å²) in [4.78, 5) is 4.22. The summed E-state index contributed by atoms with van der Waals surface area (Å²) in [5.41, 5.74) is 0.768. The number of nitrogens with zero attached hydrogens (tertiary/aromatic N) is 1. The zero-order valence-corrected chi connectivity index (χ0v) is 13.9. The largest absolute Gasteiger partial charge is 0.505 e. The quantitative estimate of drug-likeness (QED) is 0.575. The van der Waals surface area contributed by atoms with E-state index in [1.807, 2.05) is 11.8 Å². The van der Waals surface area contributed by atoms with E-state index >= 15 is 0 Å². The minimum absolute atomic E-state index is 0.323. The zero-order valence-electron chi connectivity index (χ0n) is 13.1. The third kappa shape index (κ3) is 4.80. The van der Waals surface area contributed by atoms with Gasteiger partial charge in [-0.25, -0.2) is 4.39 Å². The normalized spacial score (nSPS) is 21.9. The van der Waals surface area contributed by atoms with Crippen LogP contribution in [0.2, 0.25) is 0 Å². The molecule has 0 heterocycles. The minimum atomic E-state index is -0.600. The smallest absolute Gasteiger partial charge is 0.191 e. The second-order valence-corrected chi connectivity index (χ2v) is 7.02. The second kappa shape index (κ2) is 8.27. The molecule has 0 aliphatic heterocycles. The van der Waals surface area contributed by atoms with Crippen LogP contribution in [0, 0.1) is 5.82 Å². The lowest BCUT2D eigenvalue weighted by atomic mass is 10.2. The van der Waals surface area contributed by atoms with Gasteiger partial charge in [0.05, 0.1) is 0 Å². The van der Waals surface area contributed by atoms with Crippen LogP contribution in [0.4, 0.5) is 4.39 Å². The van der Waals surface area contributed by atoms with Crippen molar-refractivity contribution in [3.05, 3.63) is 29.6 Å². The van der Waals surface area contributed by atoms with Gasteiger partial charge in [-0.05, 0) is 42.7 Å². The first-order valence-corrected chi connectivity index (χ1v) is 8.73. The van der Waals surface area contributed by atoms with Crippen LogP contribution in [0.1, 0.15) is 31.7 Å². The highest BCUT2D eigenvalue weighted by Gasteiger charge is 2.25. The van der Waals surface area contributed by atoms with Gasteiger partial charge in [-0.15, -0.1) is 0 Å². The van der Waals surface area contributed by atoms with Gasteiger partial charge in [0, 0.05) is 24.9 Å². The Hall–Kier alpha value is -1.43. The molecule has 1 aliphatic carbocycles. The molecule has 1 saturated carbocycles. The molecule has 0 radical (unpaired) electrons. The summed E-state index contributed by atoms with van der Waals surface area (Å²) >= 11 is 2.02. The van der Waals surface area contributed by atoms with Crippen molar-refractivity contribution in [3.63, 3.8) is 0 Å². The number of guanidine groups is 1. The van der Waals surface area contributed by atoms with Crippen molar-refractivity contribution in [2.75, 3.05) is 12.8 Å². The number of hydrogen-bond donors (Lipinski definition) is 3. The predicted octanol–water partition coefficient (Wildman–Crippen LogP) is 2.87. The van der Waals surface area contributed by atoms with Gasteiger partial charge in [-0.2, -0.15) is 11.8 Å². The molecule has 1 aromatic rings. The summed E-state index contributed by atoms with van der Waals surface area (Å²) in [6, 6.07) is 4.85. The molecule has 0 saturated heterocycles. The Morgan fingerprint density at radius 3 is 2.95 bits per heavy atom. The molecule has 0 bridgehead atoms. The molecule has 4 nitrogen and oxygen atoms in total. The monoisotopic (exact) mass is 325 g/mol. The van der Waals surface area contributed by atoms with Gasteiger partial charge in [-0.1, -0.05) is 13.0 Å². The highest BCUT2D eigenvalue weighted by atomic mass is 32.2. The second-order valence-electron chi connectivity index (χ2n) is 5.44. The van der Waals surface area contributed by atoms with Crippen molar-refractivity contribution in [2.45, 2.75) is 44.0 Å². The van der Waals surface area contributed by atoms with Crippen molar-refractivity contribution < 1.29 is 9.50 Å². The first-order chi connectivity index (χ1) is 10.6. The van der Waals surface area contributed by atoms with Crippen LogP contribution >= 0.6 is 11.8 Å². The Morgan fingerprint density at radius 1 is 1.45 bits per heavy atom. The van der Waals surface area contributed by atoms with Crippen LogP contribution in [0.15, 0.2) is 23.2 Å². The summed E-state index contributed by atoms with van der Waals surface area (Å²) < 4.78 is 13.3. The molecule has 0 amide bonds. The fraction of sp³-hybridized carbons (Fsp3) is 0.562. The molecule has 1 fully saturated rings. The molecular formula is C16H24FN3OS. The lowest BCUT2D eigenvalue weighted by Gasteiger charge is -2.17. The molecule has 0 spiro atoms. The Labute approximate surface area is 135 Å². The third-order valence-corrected chi connectivity index (χ3v) is 5.06. The van der Waals surface area contributed by atoms with Gasteiger partial charge in [0.1, 0.15) is 0 Å². The van der Waals surface area contributed by atoms with Crippen molar-refractivity contribution in [1.29, 1.82) is 0 Å². The van der Waals surface area contributed by atoms with Crippen LogP contribution in [0.25, 0.3) is 0 Å². The van der Waals surface area contributed by atoms with Gasteiger partial charge in [-0.3, -0.25) is 4.99 Å². The SMILES string of the molecule is CCSC1CCC(NC(=NC)NCc2ccc(O)c(F)c2)C1. The van der Waals surface area contributed by atoms with Gasteiger partial charge < -0.3 is 15.7 Å². The molecule has 1 aliphatic rings. The van der Waals surface area contributed by atoms with Gasteiger partial charge in [0.15, 0.2) is 17.5 Å². The number of halogens is 1. The van der Waals surface area contributed by atoms with Crippen molar-refractivity contribution in [1.82, 2.24) is 10.6 Å². The number of hydrogen-bond acceptors (Lipinski definition) is 3. The molecular weight excluding hydrogens is 301 g/mol. The fourth-order valence-corrected chi connectivity index (χ4v) is 3.83. The maximum Gasteiger partial charge on any atom is 0.191 e. The number of benzene rings is 1. The Bertz CT molecular complexity index is 524. The van der Waals surface area contributed by atoms with E-state index in [2.05, 4.69) is 22.5 Å². The van der Waals surface area contributed by atoms with E-state index in [1.165, 1.54) is 18.6 Å². The minimum Gasteiger partial charge on any atom is -0.505 e. The topological polar surface area (TPSA) is 56.7 Å². The maximum absolute atomic E-state index is 13.3. The van der Waals surface area contributed by atoms with E-state index in [-0.39, 0.29) is 5.75 Å². The molecule has 1 aromatic carbocycles. The van der Waals surface area contributed by atoms with Crippen LogP contribution in [0.5, 0.6) is 5.75 Å². The number of aromatic hydroxyl groups is 1. The average Bonchev–Trinajstić information content (AvgIpc) is 2.94. The average molecular weight is 325 g/mol. The molecule has 22 heavy (non-hydrogen) atoms. The number of aliphatic imine (C=N–C) groups is 1. The Kier molecular flexibility index (Phi) is 6.36. The number of nitrogens with one attached hydrogen (secondary N) is 2. The van der Waals surface area contributed by atoms with Gasteiger partial charge in [0.2, 0.25) is 0 Å². The maximum atomic E-state index is 13.3. The Morgan fingerprint density at radius 2 is 2.27 bits per heavy atom. The fourth-order valence-electron chi connectivity index (χ4n) is 2.69. The molecule has 0 aromatic heterocycles. The van der Waals surface area contributed by atoms with Crippen LogP contribution in [-0.4, -0.2) is 35.2 Å². The first kappa shape index (κ1) is 16.9. The number of rotatable bonds is 5. The van der Waals surface area contributed by atoms with Crippen LogP contribution in [0.3, 0.4) is 0 Å². The molecule has 2 rings (SSSR count). The first-order valence-electron chi connectivity index (χ1n) is 7.68. The Balaban J connectivity index is 1.81. The molecule has 122 valence electrons. The summed E-state index contributed by atoms with van der Waals surface area (Å²) in [6.45, 7) is 2.67. The summed E-state index contributed by atoms with van der Waals surface area (Å²) in [5, 5.41) is 16.6. The lowest BCUT2D eigenvalue weighted by molar-refractivity contribution is 0.431. The predicted molar refractivity (Wildman–Crippen MR) is 91.0 cm³/mol. The summed E-state index contributed by atoms with van der Waals surface area (Å²) in [5.74, 6) is 0.978. The highest BCUT2D eigenvalue weighted by Crippen LogP contribution is 2.29. The van der Waals surface area contributed by atoms with E-state index in [0.717, 1.165) is 35.4 Å². The molecule has 3 N–H and O–H groups in total. The zero-order chi connectivity index (χ0) is 15.9. The van der Waals surface area contributed by atoms with E-state index in [4.69, 9.17) is 0 Å². The number of phenolic OH excluding ortho intramolecular Hbond substituents is 1. The van der Waals surface area contributed by atoms with E-state index in [0.29, 0.717) is 12.6 Å². The summed E-state index contributed by atoms with van der Waals surface area (Å²) in [6.07, 6.45) is 3.57. The van der Waals surface area contributed by atoms with E-state index < -0.39 is 5.82 Å².